The van der Waals surface area contributed by atoms with Gasteiger partial charge in [-0.2, -0.15) is 43.8 Å². The molecule has 0 aromatic heterocycles. The molecule has 8 nitrogen and oxygen atoms in total. The van der Waals surface area contributed by atoms with Crippen LogP contribution in [0.5, 0.6) is 0 Å². The van der Waals surface area contributed by atoms with E-state index in [4.69, 9.17) is 0 Å². The summed E-state index contributed by atoms with van der Waals surface area (Å²) in [4.78, 5) is 0. The number of nitrogens with zero attached hydrogens (tertiary/aromatic N) is 2. The van der Waals surface area contributed by atoms with E-state index in [0.29, 0.717) is 6.42 Å². The van der Waals surface area contributed by atoms with Gasteiger partial charge in [-0.3, -0.25) is 0 Å². The summed E-state index contributed by atoms with van der Waals surface area (Å²) in [5.41, 5.74) is -6.60. The molecule has 0 amide bonds. The van der Waals surface area contributed by atoms with Crippen molar-refractivity contribution < 1.29 is 64.8 Å². The maximum atomic E-state index is 14.6. The molecule has 1 fully saturated rings. The Morgan fingerprint density at radius 1 is 0.771 bits per heavy atom. The van der Waals surface area contributed by atoms with E-state index < -0.39 is 81.8 Å². The molecule has 0 saturated carbocycles. The molecule has 1 saturated heterocycles. The number of hydrogen-bond acceptors (Lipinski definition) is 6. The van der Waals surface area contributed by atoms with Crippen molar-refractivity contribution in [3.63, 3.8) is 0 Å². The lowest BCUT2D eigenvalue weighted by Gasteiger charge is -2.36. The van der Waals surface area contributed by atoms with Gasteiger partial charge < -0.3 is 0 Å². The van der Waals surface area contributed by atoms with Crippen LogP contribution in [0.3, 0.4) is 0 Å². The third-order valence-corrected chi connectivity index (χ3v) is 11.4. The van der Waals surface area contributed by atoms with Crippen molar-refractivity contribution in [2.45, 2.75) is 67.9 Å². The summed E-state index contributed by atoms with van der Waals surface area (Å²) >= 11 is 0. The molecule has 0 aliphatic carbocycles. The Bertz CT molecular complexity index is 1080. The lowest BCUT2D eigenvalue weighted by atomic mass is 9.98. The van der Waals surface area contributed by atoms with Crippen molar-refractivity contribution >= 4 is 30.1 Å². The highest BCUT2D eigenvalue weighted by atomic mass is 32.3. The van der Waals surface area contributed by atoms with Crippen molar-refractivity contribution in [3.05, 3.63) is 0 Å². The highest BCUT2D eigenvalue weighted by molar-refractivity contribution is 8.05. The lowest BCUT2D eigenvalue weighted by Crippen LogP contribution is -2.66. The van der Waals surface area contributed by atoms with Crippen molar-refractivity contribution in [1.82, 2.24) is 8.02 Å². The summed E-state index contributed by atoms with van der Waals surface area (Å²) in [6.45, 7) is -1.13. The third kappa shape index (κ3) is 5.26. The second-order valence-electron chi connectivity index (χ2n) is 7.67. The van der Waals surface area contributed by atoms with Crippen LogP contribution in [0, 0.1) is 5.92 Å². The van der Waals surface area contributed by atoms with Crippen LogP contribution in [-0.4, -0.2) is 74.8 Å². The number of rotatable bonds is 10. The smallest absolute Gasteiger partial charge is 0.206 e. The Labute approximate surface area is 196 Å². The van der Waals surface area contributed by atoms with Crippen LogP contribution in [0.4, 0.5) is 39.5 Å². The summed E-state index contributed by atoms with van der Waals surface area (Å²) < 4.78 is 195. The van der Waals surface area contributed by atoms with E-state index in [2.05, 4.69) is 0 Å². The van der Waals surface area contributed by atoms with Gasteiger partial charge in [0.05, 0.1) is 0 Å². The first kappa shape index (κ1) is 32.2. The molecule has 0 aromatic carbocycles. The second kappa shape index (κ2) is 10.1. The van der Waals surface area contributed by atoms with Crippen LogP contribution in [0.15, 0.2) is 0 Å². The number of halogens is 9. The Hall–Kier alpha value is -0.860. The first-order valence-electron chi connectivity index (χ1n) is 9.95. The largest absolute Gasteiger partial charge is 0.512 e. The van der Waals surface area contributed by atoms with Crippen LogP contribution < -0.4 is 0 Å². The molecular formula is C15H23F9N2O6S3. The first-order valence-corrected chi connectivity index (χ1v) is 14.3. The van der Waals surface area contributed by atoms with Crippen LogP contribution in [0.25, 0.3) is 0 Å². The molecule has 1 rings (SSSR count). The van der Waals surface area contributed by atoms with Gasteiger partial charge in [0.2, 0.25) is 0 Å². The summed E-state index contributed by atoms with van der Waals surface area (Å²) in [6.07, 6.45) is -0.451. The normalized spacial score (nSPS) is 20.7. The molecule has 20 heteroatoms. The lowest BCUT2D eigenvalue weighted by molar-refractivity contribution is -0.245. The van der Waals surface area contributed by atoms with Crippen molar-refractivity contribution in [2.75, 3.05) is 19.6 Å². The fourth-order valence-electron chi connectivity index (χ4n) is 3.24. The molecule has 210 valence electrons. The fraction of sp³-hybridized carbons (Fsp3) is 1.00. The zero-order chi connectivity index (χ0) is 27.9. The molecule has 0 bridgehead atoms. The van der Waals surface area contributed by atoms with Crippen molar-refractivity contribution in [2.24, 2.45) is 5.92 Å². The highest BCUT2D eigenvalue weighted by Crippen LogP contribution is 2.53. The van der Waals surface area contributed by atoms with Gasteiger partial charge in [-0.25, -0.2) is 25.3 Å². The topological polar surface area (TPSA) is 109 Å². The molecular weight excluding hydrogens is 571 g/mol. The number of alkyl halides is 9. The Morgan fingerprint density at radius 3 is 1.71 bits per heavy atom. The van der Waals surface area contributed by atoms with Gasteiger partial charge in [-0.05, 0) is 31.6 Å². The Morgan fingerprint density at radius 2 is 1.29 bits per heavy atom. The molecule has 0 spiro atoms. The van der Waals surface area contributed by atoms with Gasteiger partial charge in [0.1, 0.15) is 0 Å². The van der Waals surface area contributed by atoms with Gasteiger partial charge in [-0.15, -0.1) is 0 Å². The molecule has 0 aromatic rings. The minimum Gasteiger partial charge on any atom is -0.206 e. The molecule has 35 heavy (non-hydrogen) atoms. The molecule has 0 N–H and O–H groups in total. The predicted molar refractivity (Wildman–Crippen MR) is 104 cm³/mol. The van der Waals surface area contributed by atoms with Gasteiger partial charge in [0, 0.05) is 19.6 Å². The summed E-state index contributed by atoms with van der Waals surface area (Å²) in [7, 11) is -21.8. The van der Waals surface area contributed by atoms with Crippen LogP contribution in [0.2, 0.25) is 0 Å². The maximum absolute atomic E-state index is 14.6. The summed E-state index contributed by atoms with van der Waals surface area (Å²) in [5.74, 6) is -7.59. The Kier molecular flexibility index (Phi) is 9.31. The molecule has 1 aliphatic heterocycles. The van der Waals surface area contributed by atoms with Crippen LogP contribution in [-0.2, 0) is 30.1 Å². The summed E-state index contributed by atoms with van der Waals surface area (Å²) in [5, 5.41) is -14.2. The molecule has 1 atom stereocenters. The molecule has 1 unspecified atom stereocenters. The second-order valence-corrected chi connectivity index (χ2v) is 13.6. The molecule has 1 aliphatic rings. The minimum atomic E-state index is -7.78. The van der Waals surface area contributed by atoms with E-state index >= 15 is 0 Å². The van der Waals surface area contributed by atoms with Gasteiger partial charge in [0.25, 0.3) is 20.0 Å². The third-order valence-electron chi connectivity index (χ3n) is 5.34. The standard InChI is InChI=1S/C15H23F9N2O6S3/c1-3-8-26(35(31,32)15(22,23)24)34(29,30)14(20,21)12(16,17)13(18,19)33(27,28)25-9-5-6-11(4-2)7-10-25/h11H,3-10H2,1-2H3. The van der Waals surface area contributed by atoms with E-state index in [-0.39, 0.29) is 29.5 Å². The van der Waals surface area contributed by atoms with E-state index in [1.807, 2.05) is 0 Å². The van der Waals surface area contributed by atoms with Gasteiger partial charge in [-0.1, -0.05) is 24.0 Å². The first-order chi connectivity index (χ1) is 15.5. The molecule has 1 heterocycles. The number of sulfonamides is 3. The maximum Gasteiger partial charge on any atom is 0.512 e. The minimum absolute atomic E-state index is 0.111. The zero-order valence-corrected chi connectivity index (χ0v) is 20.7. The van der Waals surface area contributed by atoms with Crippen LogP contribution in [0.1, 0.15) is 46.0 Å². The SMILES string of the molecule is CCCN(S(=O)(=O)C(F)(F)F)S(=O)(=O)C(F)(F)C(F)(F)C(F)(F)S(=O)(=O)N1CCCC(CC)CC1. The van der Waals surface area contributed by atoms with Crippen molar-refractivity contribution in [1.29, 1.82) is 0 Å². The van der Waals surface area contributed by atoms with Gasteiger partial charge >= 0.3 is 32.0 Å². The monoisotopic (exact) mass is 594 g/mol. The highest BCUT2D eigenvalue weighted by Gasteiger charge is 2.84. The van der Waals surface area contributed by atoms with E-state index in [0.717, 1.165) is 6.92 Å². The Balaban J connectivity index is 3.63. The van der Waals surface area contributed by atoms with Gasteiger partial charge in [0.15, 0.2) is 0 Å². The average molecular weight is 595 g/mol. The van der Waals surface area contributed by atoms with E-state index in [1.54, 1.807) is 6.92 Å². The average Bonchev–Trinajstić information content (AvgIpc) is 2.96. The van der Waals surface area contributed by atoms with Crippen molar-refractivity contribution in [3.8, 4) is 0 Å². The fourth-order valence-corrected chi connectivity index (χ4v) is 8.15. The number of hydrogen-bond donors (Lipinski definition) is 0. The van der Waals surface area contributed by atoms with Crippen LogP contribution >= 0.6 is 0 Å². The summed E-state index contributed by atoms with van der Waals surface area (Å²) in [6, 6.07) is 0. The van der Waals surface area contributed by atoms with E-state index in [9.17, 15) is 64.8 Å². The van der Waals surface area contributed by atoms with E-state index in [1.165, 1.54) is 0 Å². The predicted octanol–water partition coefficient (Wildman–Crippen LogP) is 3.54. The quantitative estimate of drug-likeness (QED) is 0.358. The zero-order valence-electron chi connectivity index (χ0n) is 18.2. The molecule has 0 radical (unpaired) electrons.